The molecule has 0 saturated carbocycles. The first-order valence-corrected chi connectivity index (χ1v) is 4.55. The van der Waals surface area contributed by atoms with Crippen LogP contribution >= 0.6 is 0 Å². The highest BCUT2D eigenvalue weighted by Crippen LogP contribution is 2.25. The number of aryl methyl sites for hydroxylation is 1. The fourth-order valence-electron chi connectivity index (χ4n) is 1.56. The largest absolute Gasteiger partial charge is 0.472 e. The van der Waals surface area contributed by atoms with Crippen molar-refractivity contribution in [3.8, 4) is 11.3 Å². The second kappa shape index (κ2) is 2.91. The molecular weight excluding hydrogens is 192 g/mol. The van der Waals surface area contributed by atoms with Crippen molar-refractivity contribution in [2.45, 2.75) is 6.92 Å². The Bertz CT molecular complexity index is 597. The van der Waals surface area contributed by atoms with Crippen molar-refractivity contribution in [2.75, 3.05) is 0 Å². The molecule has 74 valence electrons. The van der Waals surface area contributed by atoms with E-state index in [0.717, 1.165) is 27.9 Å². The summed E-state index contributed by atoms with van der Waals surface area (Å²) < 4.78 is 5.02. The number of nitrogens with one attached hydrogen (secondary N) is 1. The number of aromatic amines is 1. The molecule has 3 aromatic heterocycles. The van der Waals surface area contributed by atoms with Gasteiger partial charge in [-0.1, -0.05) is 0 Å². The van der Waals surface area contributed by atoms with Gasteiger partial charge in [-0.15, -0.1) is 5.10 Å². The predicted octanol–water partition coefficient (Wildman–Crippen LogP) is 1.92. The Kier molecular flexibility index (Phi) is 1.58. The van der Waals surface area contributed by atoms with E-state index in [1.807, 2.05) is 13.0 Å². The monoisotopic (exact) mass is 200 g/mol. The minimum absolute atomic E-state index is 0.741. The third-order valence-electron chi connectivity index (χ3n) is 2.36. The zero-order chi connectivity index (χ0) is 10.3. The van der Waals surface area contributed by atoms with E-state index < -0.39 is 0 Å². The Morgan fingerprint density at radius 1 is 1.40 bits per heavy atom. The highest BCUT2D eigenvalue weighted by molar-refractivity contribution is 5.91. The fourth-order valence-corrected chi connectivity index (χ4v) is 1.56. The number of fused-ring (bicyclic) bond motifs is 1. The number of furan rings is 1. The van der Waals surface area contributed by atoms with Crippen LogP contribution in [0.3, 0.4) is 0 Å². The Balaban J connectivity index is 2.36. The Morgan fingerprint density at radius 3 is 3.13 bits per heavy atom. The number of H-pyrrole nitrogens is 1. The number of hydrogen-bond acceptors (Lipinski definition) is 4. The summed E-state index contributed by atoms with van der Waals surface area (Å²) in [6, 6.07) is 1.84. The van der Waals surface area contributed by atoms with Crippen LogP contribution in [0, 0.1) is 6.92 Å². The van der Waals surface area contributed by atoms with E-state index in [2.05, 4.69) is 20.4 Å². The van der Waals surface area contributed by atoms with Crippen LogP contribution in [0.1, 0.15) is 5.69 Å². The molecule has 0 spiro atoms. The van der Waals surface area contributed by atoms with Gasteiger partial charge in [0.05, 0.1) is 18.7 Å². The molecule has 0 aliphatic rings. The molecule has 0 aliphatic carbocycles. The predicted molar refractivity (Wildman–Crippen MR) is 54.1 cm³/mol. The van der Waals surface area contributed by atoms with Gasteiger partial charge in [0, 0.05) is 16.6 Å². The normalized spacial score (nSPS) is 11.0. The highest BCUT2D eigenvalue weighted by Gasteiger charge is 2.11. The molecule has 0 aliphatic heterocycles. The van der Waals surface area contributed by atoms with Crippen LogP contribution in [0.2, 0.25) is 0 Å². The molecule has 15 heavy (non-hydrogen) atoms. The molecule has 0 amide bonds. The lowest BCUT2D eigenvalue weighted by molar-refractivity contribution is 0.568. The summed E-state index contributed by atoms with van der Waals surface area (Å²) in [5.74, 6) is 0. The lowest BCUT2D eigenvalue weighted by Crippen LogP contribution is -1.87. The van der Waals surface area contributed by atoms with Crippen molar-refractivity contribution < 1.29 is 4.42 Å². The van der Waals surface area contributed by atoms with Gasteiger partial charge < -0.3 is 4.42 Å². The summed E-state index contributed by atoms with van der Waals surface area (Å²) in [7, 11) is 0. The van der Waals surface area contributed by atoms with Gasteiger partial charge in [-0.05, 0) is 13.0 Å². The number of rotatable bonds is 1. The summed E-state index contributed by atoms with van der Waals surface area (Å²) in [4.78, 5) is 0. The number of nitrogens with zero attached hydrogens (tertiary/aromatic N) is 3. The van der Waals surface area contributed by atoms with E-state index in [-0.39, 0.29) is 0 Å². The minimum Gasteiger partial charge on any atom is -0.472 e. The van der Waals surface area contributed by atoms with Gasteiger partial charge in [0.25, 0.3) is 0 Å². The third-order valence-corrected chi connectivity index (χ3v) is 2.36. The standard InChI is InChI=1S/C10H8N4O/c1-6-8-4-11-13-9(10(8)14-12-6)7-2-3-15-5-7/h2-5H,1H3,(H,12,14). The topological polar surface area (TPSA) is 67.6 Å². The van der Waals surface area contributed by atoms with Gasteiger partial charge in [-0.25, -0.2) is 0 Å². The average Bonchev–Trinajstić information content (AvgIpc) is 2.88. The average molecular weight is 200 g/mol. The van der Waals surface area contributed by atoms with Gasteiger partial charge in [-0.3, -0.25) is 5.10 Å². The van der Waals surface area contributed by atoms with Crippen LogP contribution in [0.15, 0.2) is 29.2 Å². The molecule has 3 heterocycles. The van der Waals surface area contributed by atoms with Crippen molar-refractivity contribution in [2.24, 2.45) is 0 Å². The maximum atomic E-state index is 5.02. The maximum absolute atomic E-state index is 5.02. The van der Waals surface area contributed by atoms with Gasteiger partial charge in [0.2, 0.25) is 0 Å². The van der Waals surface area contributed by atoms with E-state index in [9.17, 15) is 0 Å². The molecule has 3 aromatic rings. The molecule has 0 saturated heterocycles. The summed E-state index contributed by atoms with van der Waals surface area (Å²) in [6.45, 7) is 1.95. The molecule has 0 atom stereocenters. The van der Waals surface area contributed by atoms with Gasteiger partial charge >= 0.3 is 0 Å². The van der Waals surface area contributed by atoms with E-state index in [0.29, 0.717) is 0 Å². The molecule has 0 aromatic carbocycles. The zero-order valence-corrected chi connectivity index (χ0v) is 8.06. The zero-order valence-electron chi connectivity index (χ0n) is 8.06. The van der Waals surface area contributed by atoms with Crippen molar-refractivity contribution in [3.63, 3.8) is 0 Å². The van der Waals surface area contributed by atoms with Crippen molar-refractivity contribution in [1.82, 2.24) is 20.4 Å². The van der Waals surface area contributed by atoms with Crippen LogP contribution in [0.4, 0.5) is 0 Å². The van der Waals surface area contributed by atoms with Crippen LogP contribution in [-0.2, 0) is 0 Å². The smallest absolute Gasteiger partial charge is 0.124 e. The molecule has 0 bridgehead atoms. The first-order chi connectivity index (χ1) is 7.36. The number of aromatic nitrogens is 4. The van der Waals surface area contributed by atoms with E-state index >= 15 is 0 Å². The van der Waals surface area contributed by atoms with E-state index in [1.165, 1.54) is 0 Å². The first-order valence-electron chi connectivity index (χ1n) is 4.55. The SMILES string of the molecule is Cc1[nH]nc2c(-c3ccoc3)nncc12. The lowest BCUT2D eigenvalue weighted by Gasteiger charge is -1.95. The first kappa shape index (κ1) is 8.16. The molecule has 0 fully saturated rings. The van der Waals surface area contributed by atoms with Crippen molar-refractivity contribution in [3.05, 3.63) is 30.5 Å². The van der Waals surface area contributed by atoms with Crippen LogP contribution in [-0.4, -0.2) is 20.4 Å². The third kappa shape index (κ3) is 1.13. The molecule has 5 nitrogen and oxygen atoms in total. The van der Waals surface area contributed by atoms with Crippen molar-refractivity contribution in [1.29, 1.82) is 0 Å². The Hall–Kier alpha value is -2.17. The van der Waals surface area contributed by atoms with Crippen LogP contribution in [0.25, 0.3) is 22.2 Å². The highest BCUT2D eigenvalue weighted by atomic mass is 16.3. The van der Waals surface area contributed by atoms with Gasteiger partial charge in [0.1, 0.15) is 11.2 Å². The van der Waals surface area contributed by atoms with Gasteiger partial charge in [-0.2, -0.15) is 10.2 Å². The van der Waals surface area contributed by atoms with Crippen molar-refractivity contribution >= 4 is 10.9 Å². The molecule has 0 radical (unpaired) electrons. The van der Waals surface area contributed by atoms with E-state index in [1.54, 1.807) is 18.7 Å². The molecular formula is C10H8N4O. The summed E-state index contributed by atoms with van der Waals surface area (Å²) >= 11 is 0. The Labute approximate surface area is 85.1 Å². The molecule has 5 heteroatoms. The van der Waals surface area contributed by atoms with Gasteiger partial charge in [0.15, 0.2) is 0 Å². The number of hydrogen-bond donors (Lipinski definition) is 1. The quantitative estimate of drug-likeness (QED) is 0.651. The molecule has 0 unspecified atom stereocenters. The van der Waals surface area contributed by atoms with Crippen LogP contribution < -0.4 is 0 Å². The van der Waals surface area contributed by atoms with Crippen LogP contribution in [0.5, 0.6) is 0 Å². The summed E-state index contributed by atoms with van der Waals surface area (Å²) in [6.07, 6.45) is 4.95. The lowest BCUT2D eigenvalue weighted by atomic mass is 10.2. The maximum Gasteiger partial charge on any atom is 0.124 e. The Morgan fingerprint density at radius 2 is 2.33 bits per heavy atom. The second-order valence-electron chi connectivity index (χ2n) is 3.32. The molecule has 3 rings (SSSR count). The molecule has 1 N–H and O–H groups in total. The summed E-state index contributed by atoms with van der Waals surface area (Å²) in [5, 5.41) is 16.1. The fraction of sp³-hybridized carbons (Fsp3) is 0.100. The summed E-state index contributed by atoms with van der Waals surface area (Å²) in [5.41, 5.74) is 3.44. The second-order valence-corrected chi connectivity index (χ2v) is 3.32. The van der Waals surface area contributed by atoms with E-state index in [4.69, 9.17) is 4.42 Å². The minimum atomic E-state index is 0.741.